The number of aliphatic hydroxyl groups excluding tert-OH is 1. The van der Waals surface area contributed by atoms with Gasteiger partial charge in [-0.05, 0) is 20.8 Å². The molecule has 0 aliphatic heterocycles. The van der Waals surface area contributed by atoms with Gasteiger partial charge >= 0.3 is 0 Å². The maximum absolute atomic E-state index is 9.81. The Hall–Kier alpha value is -0.410. The second-order valence-electron chi connectivity index (χ2n) is 2.15. The van der Waals surface area contributed by atoms with Crippen LogP contribution in [-0.4, -0.2) is 22.5 Å². The van der Waals surface area contributed by atoms with Crippen LogP contribution in [0.5, 0.6) is 0 Å². The zero-order valence-corrected chi connectivity index (χ0v) is 7.14. The first kappa shape index (κ1) is 16.3. The van der Waals surface area contributed by atoms with E-state index in [2.05, 4.69) is 0 Å². The number of hydrogen-bond donors (Lipinski definition) is 1. The SMILES string of the molecule is CC(C)O.CCC(C)=O.O. The van der Waals surface area contributed by atoms with Crippen molar-refractivity contribution >= 4 is 5.78 Å². The molecule has 0 radical (unpaired) electrons. The van der Waals surface area contributed by atoms with E-state index in [9.17, 15) is 4.79 Å². The first-order chi connectivity index (χ1) is 4.00. The van der Waals surface area contributed by atoms with Crippen molar-refractivity contribution in [2.24, 2.45) is 0 Å². The Balaban J connectivity index is -0.0000000910. The van der Waals surface area contributed by atoms with Crippen molar-refractivity contribution in [2.45, 2.75) is 40.2 Å². The summed E-state index contributed by atoms with van der Waals surface area (Å²) in [5.74, 6) is 0.255. The van der Waals surface area contributed by atoms with E-state index in [1.807, 2.05) is 6.92 Å². The molecule has 0 heterocycles. The molecule has 0 aromatic heterocycles. The molecule has 3 heteroatoms. The molecule has 0 fully saturated rings. The van der Waals surface area contributed by atoms with Crippen LogP contribution in [0.15, 0.2) is 0 Å². The van der Waals surface area contributed by atoms with Crippen LogP contribution in [0.1, 0.15) is 34.1 Å². The van der Waals surface area contributed by atoms with Gasteiger partial charge in [-0.25, -0.2) is 0 Å². The van der Waals surface area contributed by atoms with Crippen molar-refractivity contribution in [1.82, 2.24) is 0 Å². The fraction of sp³-hybridized carbons (Fsp3) is 0.857. The lowest BCUT2D eigenvalue weighted by molar-refractivity contribution is -0.116. The van der Waals surface area contributed by atoms with Gasteiger partial charge in [0.15, 0.2) is 0 Å². The van der Waals surface area contributed by atoms with Crippen molar-refractivity contribution in [3.8, 4) is 0 Å². The molecule has 0 spiro atoms. The van der Waals surface area contributed by atoms with Gasteiger partial charge in [0.2, 0.25) is 0 Å². The van der Waals surface area contributed by atoms with Crippen molar-refractivity contribution in [2.75, 3.05) is 0 Å². The van der Waals surface area contributed by atoms with E-state index in [1.165, 1.54) is 0 Å². The summed E-state index contributed by atoms with van der Waals surface area (Å²) in [7, 11) is 0. The Morgan fingerprint density at radius 2 is 1.60 bits per heavy atom. The van der Waals surface area contributed by atoms with Gasteiger partial charge in [0.1, 0.15) is 5.78 Å². The van der Waals surface area contributed by atoms with Gasteiger partial charge in [0.05, 0.1) is 0 Å². The lowest BCUT2D eigenvalue weighted by Gasteiger charge is -1.80. The third-order valence-electron chi connectivity index (χ3n) is 0.498. The molecule has 3 nitrogen and oxygen atoms in total. The standard InChI is InChI=1S/C4H8O.C3H8O.H2O/c1-3-4(2)5;1-3(2)4;/h3H2,1-2H3;3-4H,1-2H3;1H2. The molecule has 0 aliphatic carbocycles. The van der Waals surface area contributed by atoms with Crippen LogP contribution < -0.4 is 0 Å². The average molecular weight is 150 g/mol. The predicted molar refractivity (Wildman–Crippen MR) is 41.9 cm³/mol. The fourth-order valence-corrected chi connectivity index (χ4v) is 0. The van der Waals surface area contributed by atoms with E-state index >= 15 is 0 Å². The summed E-state index contributed by atoms with van der Waals surface area (Å²) < 4.78 is 0. The molecule has 0 aromatic rings. The van der Waals surface area contributed by atoms with Gasteiger partial charge in [0, 0.05) is 12.5 Å². The summed E-state index contributed by atoms with van der Waals surface area (Å²) in [5, 5.41) is 8.06. The molecule has 0 saturated heterocycles. The average Bonchev–Trinajstić information content (AvgIpc) is 1.65. The molecule has 0 bridgehead atoms. The highest BCUT2D eigenvalue weighted by atomic mass is 16.3. The van der Waals surface area contributed by atoms with Crippen LogP contribution in [0.4, 0.5) is 0 Å². The van der Waals surface area contributed by atoms with Crippen molar-refractivity contribution in [1.29, 1.82) is 0 Å². The number of Topliss-reactive ketones (excluding diaryl/α,β-unsaturated/α-hetero) is 1. The molecule has 0 aliphatic rings. The normalized spacial score (nSPS) is 7.40. The van der Waals surface area contributed by atoms with E-state index in [0.29, 0.717) is 6.42 Å². The number of carbonyl (C=O) groups excluding carboxylic acids is 1. The zero-order valence-electron chi connectivity index (χ0n) is 7.14. The summed E-state index contributed by atoms with van der Waals surface area (Å²) in [6.45, 7) is 6.88. The monoisotopic (exact) mass is 150 g/mol. The van der Waals surface area contributed by atoms with Crippen molar-refractivity contribution < 1.29 is 15.4 Å². The third-order valence-corrected chi connectivity index (χ3v) is 0.498. The van der Waals surface area contributed by atoms with Gasteiger partial charge in [-0.15, -0.1) is 0 Å². The third kappa shape index (κ3) is 130. The zero-order chi connectivity index (χ0) is 7.86. The van der Waals surface area contributed by atoms with Gasteiger partial charge in [-0.2, -0.15) is 0 Å². The lowest BCUT2D eigenvalue weighted by atomic mass is 10.4. The number of ketones is 1. The van der Waals surface area contributed by atoms with Crippen molar-refractivity contribution in [3.05, 3.63) is 0 Å². The Bertz CT molecular complexity index is 66.5. The fourth-order valence-electron chi connectivity index (χ4n) is 0. The number of carbonyl (C=O) groups is 1. The minimum Gasteiger partial charge on any atom is -0.412 e. The first-order valence-electron chi connectivity index (χ1n) is 3.18. The Morgan fingerprint density at radius 3 is 1.60 bits per heavy atom. The smallest absolute Gasteiger partial charge is 0.129 e. The maximum atomic E-state index is 9.81. The molecule has 0 amide bonds. The molecular formula is C7H18O3. The second kappa shape index (κ2) is 11.4. The highest BCUT2D eigenvalue weighted by Gasteiger charge is 1.76. The van der Waals surface area contributed by atoms with Crippen LogP contribution in [0.2, 0.25) is 0 Å². The molecule has 0 aromatic carbocycles. The van der Waals surface area contributed by atoms with Gasteiger partial charge in [-0.1, -0.05) is 6.92 Å². The molecule has 0 unspecified atom stereocenters. The second-order valence-corrected chi connectivity index (χ2v) is 2.15. The summed E-state index contributed by atoms with van der Waals surface area (Å²) in [6, 6.07) is 0. The highest BCUT2D eigenvalue weighted by Crippen LogP contribution is 1.71. The molecule has 10 heavy (non-hydrogen) atoms. The Morgan fingerprint density at radius 1 is 1.50 bits per heavy atom. The van der Waals surface area contributed by atoms with Crippen LogP contribution in [-0.2, 0) is 4.79 Å². The van der Waals surface area contributed by atoms with E-state index in [-0.39, 0.29) is 17.4 Å². The summed E-state index contributed by atoms with van der Waals surface area (Å²) >= 11 is 0. The van der Waals surface area contributed by atoms with Crippen molar-refractivity contribution in [3.63, 3.8) is 0 Å². The molecule has 3 N–H and O–H groups in total. The van der Waals surface area contributed by atoms with Gasteiger partial charge < -0.3 is 15.4 Å². The maximum Gasteiger partial charge on any atom is 0.129 e. The largest absolute Gasteiger partial charge is 0.412 e. The van der Waals surface area contributed by atoms with Crippen LogP contribution >= 0.6 is 0 Å². The Labute approximate surface area is 62.4 Å². The molecule has 0 atom stereocenters. The first-order valence-corrected chi connectivity index (χ1v) is 3.18. The molecule has 64 valence electrons. The van der Waals surface area contributed by atoms with Crippen LogP contribution in [0.25, 0.3) is 0 Å². The predicted octanol–water partition coefficient (Wildman–Crippen LogP) is 0.548. The number of aliphatic hydroxyl groups is 1. The van der Waals surface area contributed by atoms with Gasteiger partial charge in [-0.3, -0.25) is 0 Å². The van der Waals surface area contributed by atoms with Crippen LogP contribution in [0, 0.1) is 0 Å². The summed E-state index contributed by atoms with van der Waals surface area (Å²) in [6.07, 6.45) is 0.500. The van der Waals surface area contributed by atoms with E-state index in [1.54, 1.807) is 20.8 Å². The van der Waals surface area contributed by atoms with E-state index in [4.69, 9.17) is 5.11 Å². The summed E-state index contributed by atoms with van der Waals surface area (Å²) in [5.41, 5.74) is 0. The molecular weight excluding hydrogens is 132 g/mol. The van der Waals surface area contributed by atoms with Crippen LogP contribution in [0.3, 0.4) is 0 Å². The minimum atomic E-state index is -0.167. The minimum absolute atomic E-state index is 0. The number of rotatable bonds is 1. The number of hydrogen-bond acceptors (Lipinski definition) is 2. The topological polar surface area (TPSA) is 68.8 Å². The lowest BCUT2D eigenvalue weighted by Crippen LogP contribution is -1.85. The summed E-state index contributed by atoms with van der Waals surface area (Å²) in [4.78, 5) is 9.81. The van der Waals surface area contributed by atoms with Gasteiger partial charge in [0.25, 0.3) is 0 Å². The molecule has 0 rings (SSSR count). The van der Waals surface area contributed by atoms with E-state index < -0.39 is 0 Å². The van der Waals surface area contributed by atoms with E-state index in [0.717, 1.165) is 0 Å². The quantitative estimate of drug-likeness (QED) is 0.593. The molecule has 0 saturated carbocycles. The highest BCUT2D eigenvalue weighted by molar-refractivity contribution is 5.74. The Kier molecular flexibility index (Phi) is 18.6.